The van der Waals surface area contributed by atoms with Crippen LogP contribution in [0.25, 0.3) is 0 Å². The van der Waals surface area contributed by atoms with Crippen molar-refractivity contribution in [2.75, 3.05) is 25.1 Å². The van der Waals surface area contributed by atoms with Gasteiger partial charge in [-0.1, -0.05) is 15.9 Å². The molecule has 10 heavy (non-hydrogen) atoms. The van der Waals surface area contributed by atoms with Gasteiger partial charge in [0.05, 0.1) is 6.61 Å². The molecule has 1 unspecified atom stereocenters. The number of hydrogen-bond donors (Lipinski definition) is 1. The standard InChI is InChI=1S/C7H16BrNO/c1-3-10-5-4-9-7(2)6-8/h7,9H,3-6H2,1-2H3. The molecule has 0 fully saturated rings. The van der Waals surface area contributed by atoms with E-state index in [1.54, 1.807) is 0 Å². The molecule has 0 aromatic rings. The molecule has 0 saturated carbocycles. The van der Waals surface area contributed by atoms with E-state index >= 15 is 0 Å². The van der Waals surface area contributed by atoms with Crippen molar-refractivity contribution in [3.05, 3.63) is 0 Å². The van der Waals surface area contributed by atoms with E-state index < -0.39 is 0 Å². The zero-order valence-electron chi connectivity index (χ0n) is 6.69. The summed E-state index contributed by atoms with van der Waals surface area (Å²) in [5.41, 5.74) is 0. The Labute approximate surface area is 71.5 Å². The second kappa shape index (κ2) is 7.51. The van der Waals surface area contributed by atoms with Crippen molar-refractivity contribution >= 4 is 15.9 Å². The largest absolute Gasteiger partial charge is 0.380 e. The Morgan fingerprint density at radius 1 is 1.60 bits per heavy atom. The lowest BCUT2D eigenvalue weighted by molar-refractivity contribution is 0.148. The van der Waals surface area contributed by atoms with Gasteiger partial charge in [0.1, 0.15) is 0 Å². The van der Waals surface area contributed by atoms with Gasteiger partial charge < -0.3 is 10.1 Å². The smallest absolute Gasteiger partial charge is 0.0590 e. The lowest BCUT2D eigenvalue weighted by Crippen LogP contribution is -2.30. The zero-order chi connectivity index (χ0) is 7.82. The quantitative estimate of drug-likeness (QED) is 0.528. The maximum absolute atomic E-state index is 5.15. The Kier molecular flexibility index (Phi) is 7.81. The normalized spacial score (nSPS) is 13.5. The summed E-state index contributed by atoms with van der Waals surface area (Å²) in [6.07, 6.45) is 0. The van der Waals surface area contributed by atoms with Crippen LogP contribution in [0.2, 0.25) is 0 Å². The summed E-state index contributed by atoms with van der Waals surface area (Å²) in [4.78, 5) is 0. The average molecular weight is 210 g/mol. The maximum Gasteiger partial charge on any atom is 0.0590 e. The van der Waals surface area contributed by atoms with Crippen LogP contribution in [0.3, 0.4) is 0 Å². The predicted octanol–water partition coefficient (Wildman–Crippen LogP) is 1.40. The van der Waals surface area contributed by atoms with Crippen LogP contribution in [0.4, 0.5) is 0 Å². The topological polar surface area (TPSA) is 21.3 Å². The SMILES string of the molecule is CCOCCNC(C)CBr. The molecule has 0 aromatic carbocycles. The molecule has 1 atom stereocenters. The first-order chi connectivity index (χ1) is 4.81. The second-order valence-corrected chi connectivity index (χ2v) is 2.85. The van der Waals surface area contributed by atoms with Gasteiger partial charge in [-0.2, -0.15) is 0 Å². The van der Waals surface area contributed by atoms with Gasteiger partial charge in [0.2, 0.25) is 0 Å². The third-order valence-corrected chi connectivity index (χ3v) is 2.15. The Morgan fingerprint density at radius 2 is 2.30 bits per heavy atom. The molecular formula is C7H16BrNO. The number of alkyl halides is 1. The fourth-order valence-corrected chi connectivity index (χ4v) is 0.805. The van der Waals surface area contributed by atoms with Gasteiger partial charge in [0.25, 0.3) is 0 Å². The Balaban J connectivity index is 2.89. The van der Waals surface area contributed by atoms with E-state index in [-0.39, 0.29) is 0 Å². The van der Waals surface area contributed by atoms with Crippen molar-refractivity contribution in [2.24, 2.45) is 0 Å². The lowest BCUT2D eigenvalue weighted by atomic mass is 10.4. The molecule has 0 aliphatic rings. The highest BCUT2D eigenvalue weighted by molar-refractivity contribution is 9.09. The molecule has 0 heterocycles. The Bertz CT molecular complexity index is 70.6. The van der Waals surface area contributed by atoms with Gasteiger partial charge in [-0.15, -0.1) is 0 Å². The lowest BCUT2D eigenvalue weighted by Gasteiger charge is -2.09. The third-order valence-electron chi connectivity index (χ3n) is 1.17. The number of ether oxygens (including phenoxy) is 1. The van der Waals surface area contributed by atoms with E-state index in [0.717, 1.165) is 25.1 Å². The van der Waals surface area contributed by atoms with E-state index in [4.69, 9.17) is 4.74 Å². The molecule has 0 aliphatic carbocycles. The van der Waals surface area contributed by atoms with E-state index in [9.17, 15) is 0 Å². The Morgan fingerprint density at radius 3 is 2.80 bits per heavy atom. The van der Waals surface area contributed by atoms with Crippen LogP contribution >= 0.6 is 15.9 Å². The maximum atomic E-state index is 5.15. The van der Waals surface area contributed by atoms with Crippen LogP contribution < -0.4 is 5.32 Å². The third kappa shape index (κ3) is 6.52. The minimum atomic E-state index is 0.542. The van der Waals surface area contributed by atoms with Gasteiger partial charge in [-0.25, -0.2) is 0 Å². The average Bonchev–Trinajstić information content (AvgIpc) is 1.98. The molecule has 3 heteroatoms. The van der Waals surface area contributed by atoms with Crippen molar-refractivity contribution in [1.29, 1.82) is 0 Å². The zero-order valence-corrected chi connectivity index (χ0v) is 8.28. The van der Waals surface area contributed by atoms with Crippen molar-refractivity contribution < 1.29 is 4.74 Å². The van der Waals surface area contributed by atoms with Crippen LogP contribution in [0.15, 0.2) is 0 Å². The highest BCUT2D eigenvalue weighted by Crippen LogP contribution is 1.87. The number of hydrogen-bond acceptors (Lipinski definition) is 2. The van der Waals surface area contributed by atoms with E-state index in [1.165, 1.54) is 0 Å². The summed E-state index contributed by atoms with van der Waals surface area (Å²) in [6, 6.07) is 0.542. The number of nitrogens with one attached hydrogen (secondary N) is 1. The van der Waals surface area contributed by atoms with Crippen molar-refractivity contribution in [1.82, 2.24) is 5.32 Å². The molecule has 0 spiro atoms. The highest BCUT2D eigenvalue weighted by Gasteiger charge is 1.95. The molecule has 0 radical (unpaired) electrons. The first-order valence-corrected chi connectivity index (χ1v) is 4.80. The van der Waals surface area contributed by atoms with E-state index in [0.29, 0.717) is 6.04 Å². The molecule has 0 aliphatic heterocycles. The summed E-state index contributed by atoms with van der Waals surface area (Å²) < 4.78 is 5.15. The van der Waals surface area contributed by atoms with Crippen LogP contribution in [0.5, 0.6) is 0 Å². The van der Waals surface area contributed by atoms with Crippen LogP contribution in [0.1, 0.15) is 13.8 Å². The molecule has 0 bridgehead atoms. The minimum absolute atomic E-state index is 0.542. The first-order valence-electron chi connectivity index (χ1n) is 3.68. The van der Waals surface area contributed by atoms with E-state index in [2.05, 4.69) is 28.2 Å². The summed E-state index contributed by atoms with van der Waals surface area (Å²) >= 11 is 3.38. The molecule has 62 valence electrons. The summed E-state index contributed by atoms with van der Waals surface area (Å²) in [7, 11) is 0. The Hall–Kier alpha value is 0.400. The summed E-state index contributed by atoms with van der Waals surface area (Å²) in [5, 5.41) is 4.29. The van der Waals surface area contributed by atoms with Gasteiger partial charge >= 0.3 is 0 Å². The van der Waals surface area contributed by atoms with E-state index in [1.807, 2.05) is 6.92 Å². The van der Waals surface area contributed by atoms with Gasteiger partial charge in [0, 0.05) is 24.5 Å². The first kappa shape index (κ1) is 10.4. The molecule has 0 amide bonds. The predicted molar refractivity (Wildman–Crippen MR) is 47.8 cm³/mol. The van der Waals surface area contributed by atoms with Gasteiger partial charge in [0.15, 0.2) is 0 Å². The molecule has 1 N–H and O–H groups in total. The second-order valence-electron chi connectivity index (χ2n) is 2.21. The van der Waals surface area contributed by atoms with Crippen LogP contribution in [0, 0.1) is 0 Å². The fourth-order valence-electron chi connectivity index (χ4n) is 0.576. The van der Waals surface area contributed by atoms with Gasteiger partial charge in [-0.05, 0) is 13.8 Å². The van der Waals surface area contributed by atoms with Crippen LogP contribution in [-0.4, -0.2) is 31.1 Å². The highest BCUT2D eigenvalue weighted by atomic mass is 79.9. The van der Waals surface area contributed by atoms with Crippen molar-refractivity contribution in [2.45, 2.75) is 19.9 Å². The molecular weight excluding hydrogens is 194 g/mol. The minimum Gasteiger partial charge on any atom is -0.380 e. The molecule has 0 aromatic heterocycles. The number of halogens is 1. The van der Waals surface area contributed by atoms with Gasteiger partial charge in [-0.3, -0.25) is 0 Å². The van der Waals surface area contributed by atoms with Crippen molar-refractivity contribution in [3.8, 4) is 0 Å². The summed E-state index contributed by atoms with van der Waals surface area (Å²) in [5.74, 6) is 0. The molecule has 0 rings (SSSR count). The molecule has 0 saturated heterocycles. The van der Waals surface area contributed by atoms with Crippen LogP contribution in [-0.2, 0) is 4.74 Å². The summed E-state index contributed by atoms with van der Waals surface area (Å²) in [6.45, 7) is 6.72. The monoisotopic (exact) mass is 209 g/mol. The van der Waals surface area contributed by atoms with Crippen molar-refractivity contribution in [3.63, 3.8) is 0 Å². The number of rotatable bonds is 6. The fraction of sp³-hybridized carbons (Fsp3) is 1.00. The molecule has 2 nitrogen and oxygen atoms in total.